The standard InChI is InChI=1S/C15H24N2O2/c1-5-6-13(16)15(18)17-11(3)12-9-10(2)7-8-14(12)19-4/h7-9,11,13H,5-6,16H2,1-4H3,(H,17,18)/t11?,13-/m1/s1. The minimum Gasteiger partial charge on any atom is -0.496 e. The molecule has 0 spiro atoms. The van der Waals surface area contributed by atoms with Gasteiger partial charge < -0.3 is 15.8 Å². The van der Waals surface area contributed by atoms with Gasteiger partial charge in [-0.1, -0.05) is 31.0 Å². The summed E-state index contributed by atoms with van der Waals surface area (Å²) in [5.41, 5.74) is 7.92. The molecule has 1 rings (SSSR count). The van der Waals surface area contributed by atoms with Gasteiger partial charge in [0.05, 0.1) is 19.2 Å². The van der Waals surface area contributed by atoms with Crippen molar-refractivity contribution in [1.29, 1.82) is 0 Å². The summed E-state index contributed by atoms with van der Waals surface area (Å²) in [6.07, 6.45) is 1.60. The van der Waals surface area contributed by atoms with Crippen LogP contribution in [0.25, 0.3) is 0 Å². The lowest BCUT2D eigenvalue weighted by molar-refractivity contribution is -0.123. The van der Waals surface area contributed by atoms with Crippen LogP contribution in [0.2, 0.25) is 0 Å². The monoisotopic (exact) mass is 264 g/mol. The predicted octanol–water partition coefficient (Wildman–Crippen LogP) is 2.31. The van der Waals surface area contributed by atoms with E-state index in [9.17, 15) is 4.79 Å². The van der Waals surface area contributed by atoms with Crippen molar-refractivity contribution in [1.82, 2.24) is 5.32 Å². The molecule has 0 saturated heterocycles. The van der Waals surface area contributed by atoms with Crippen LogP contribution in [-0.2, 0) is 4.79 Å². The number of hydrogen-bond acceptors (Lipinski definition) is 3. The summed E-state index contributed by atoms with van der Waals surface area (Å²) in [5, 5.41) is 2.94. The Bertz CT molecular complexity index is 432. The molecular formula is C15H24N2O2. The quantitative estimate of drug-likeness (QED) is 0.828. The van der Waals surface area contributed by atoms with Crippen molar-refractivity contribution in [3.8, 4) is 5.75 Å². The van der Waals surface area contributed by atoms with Crippen LogP contribution in [0.15, 0.2) is 18.2 Å². The summed E-state index contributed by atoms with van der Waals surface area (Å²) in [6.45, 7) is 5.97. The fourth-order valence-corrected chi connectivity index (χ4v) is 2.03. The van der Waals surface area contributed by atoms with Gasteiger partial charge in [-0.25, -0.2) is 0 Å². The maximum Gasteiger partial charge on any atom is 0.237 e. The molecule has 1 aromatic rings. The van der Waals surface area contributed by atoms with E-state index < -0.39 is 6.04 Å². The van der Waals surface area contributed by atoms with E-state index in [2.05, 4.69) is 5.32 Å². The molecule has 0 heterocycles. The zero-order valence-electron chi connectivity index (χ0n) is 12.2. The lowest BCUT2D eigenvalue weighted by Crippen LogP contribution is -2.41. The molecule has 4 nitrogen and oxygen atoms in total. The first-order valence-electron chi connectivity index (χ1n) is 6.70. The van der Waals surface area contributed by atoms with Crippen molar-refractivity contribution in [2.24, 2.45) is 5.73 Å². The number of nitrogens with one attached hydrogen (secondary N) is 1. The summed E-state index contributed by atoms with van der Waals surface area (Å²) in [4.78, 5) is 11.9. The zero-order chi connectivity index (χ0) is 14.4. The summed E-state index contributed by atoms with van der Waals surface area (Å²) in [6, 6.07) is 5.36. The average Bonchev–Trinajstić information content (AvgIpc) is 2.38. The topological polar surface area (TPSA) is 64.4 Å². The second-order valence-electron chi connectivity index (χ2n) is 4.87. The van der Waals surface area contributed by atoms with Gasteiger partial charge in [0.1, 0.15) is 5.75 Å². The Hall–Kier alpha value is -1.55. The summed E-state index contributed by atoms with van der Waals surface area (Å²) in [5.74, 6) is 0.667. The van der Waals surface area contributed by atoms with E-state index in [1.54, 1.807) is 7.11 Å². The minimum atomic E-state index is -0.441. The number of ether oxygens (including phenoxy) is 1. The van der Waals surface area contributed by atoms with Gasteiger partial charge in [0.15, 0.2) is 0 Å². The molecule has 2 atom stereocenters. The second kappa shape index (κ2) is 7.14. The molecule has 0 radical (unpaired) electrons. The van der Waals surface area contributed by atoms with Crippen molar-refractivity contribution in [2.45, 2.75) is 45.7 Å². The third kappa shape index (κ3) is 4.24. The molecule has 0 aliphatic heterocycles. The number of rotatable bonds is 6. The van der Waals surface area contributed by atoms with Crippen LogP contribution in [0.5, 0.6) is 5.75 Å². The number of carbonyl (C=O) groups excluding carboxylic acids is 1. The van der Waals surface area contributed by atoms with Gasteiger partial charge in [0.25, 0.3) is 0 Å². The number of carbonyl (C=O) groups is 1. The van der Waals surface area contributed by atoms with E-state index in [0.717, 1.165) is 23.3 Å². The van der Waals surface area contributed by atoms with Crippen LogP contribution in [0, 0.1) is 6.92 Å². The van der Waals surface area contributed by atoms with Crippen molar-refractivity contribution in [3.05, 3.63) is 29.3 Å². The summed E-state index contributed by atoms with van der Waals surface area (Å²) < 4.78 is 5.33. The Labute approximate surface area is 115 Å². The molecule has 3 N–H and O–H groups in total. The van der Waals surface area contributed by atoms with E-state index >= 15 is 0 Å². The van der Waals surface area contributed by atoms with Crippen LogP contribution < -0.4 is 15.8 Å². The molecule has 0 saturated carbocycles. The molecule has 1 amide bonds. The second-order valence-corrected chi connectivity index (χ2v) is 4.87. The highest BCUT2D eigenvalue weighted by Gasteiger charge is 2.18. The highest BCUT2D eigenvalue weighted by molar-refractivity contribution is 5.81. The van der Waals surface area contributed by atoms with Crippen LogP contribution in [0.4, 0.5) is 0 Å². The van der Waals surface area contributed by atoms with Crippen molar-refractivity contribution < 1.29 is 9.53 Å². The van der Waals surface area contributed by atoms with Gasteiger partial charge in [-0.2, -0.15) is 0 Å². The number of amides is 1. The summed E-state index contributed by atoms with van der Waals surface area (Å²) >= 11 is 0. The molecule has 1 unspecified atom stereocenters. The van der Waals surface area contributed by atoms with Gasteiger partial charge in [0, 0.05) is 5.56 Å². The molecule has 0 aliphatic carbocycles. The first-order valence-corrected chi connectivity index (χ1v) is 6.70. The molecule has 0 aromatic heterocycles. The Morgan fingerprint density at radius 1 is 1.47 bits per heavy atom. The van der Waals surface area contributed by atoms with E-state index in [1.165, 1.54) is 0 Å². The maximum absolute atomic E-state index is 11.9. The van der Waals surface area contributed by atoms with Gasteiger partial charge in [-0.3, -0.25) is 4.79 Å². The summed E-state index contributed by atoms with van der Waals surface area (Å²) in [7, 11) is 1.63. The highest BCUT2D eigenvalue weighted by atomic mass is 16.5. The minimum absolute atomic E-state index is 0.113. The fourth-order valence-electron chi connectivity index (χ4n) is 2.03. The van der Waals surface area contributed by atoms with E-state index in [4.69, 9.17) is 10.5 Å². The lowest BCUT2D eigenvalue weighted by Gasteiger charge is -2.20. The molecule has 4 heteroatoms. The van der Waals surface area contributed by atoms with Crippen LogP contribution >= 0.6 is 0 Å². The number of benzene rings is 1. The fraction of sp³-hybridized carbons (Fsp3) is 0.533. The molecular weight excluding hydrogens is 240 g/mol. The van der Waals surface area contributed by atoms with E-state index in [1.807, 2.05) is 39.0 Å². The SMILES string of the molecule is CCC[C@@H](N)C(=O)NC(C)c1cc(C)ccc1OC. The number of hydrogen-bond donors (Lipinski definition) is 2. The van der Waals surface area contributed by atoms with Crippen LogP contribution in [0.1, 0.15) is 43.9 Å². The van der Waals surface area contributed by atoms with Crippen molar-refractivity contribution >= 4 is 5.91 Å². The highest BCUT2D eigenvalue weighted by Crippen LogP contribution is 2.26. The Kier molecular flexibility index (Phi) is 5.83. The van der Waals surface area contributed by atoms with Gasteiger partial charge in [0.2, 0.25) is 5.91 Å². The third-order valence-corrected chi connectivity index (χ3v) is 3.15. The Morgan fingerprint density at radius 2 is 2.16 bits per heavy atom. The molecule has 19 heavy (non-hydrogen) atoms. The Balaban J connectivity index is 2.80. The number of aryl methyl sites for hydroxylation is 1. The van der Waals surface area contributed by atoms with E-state index in [0.29, 0.717) is 6.42 Å². The van der Waals surface area contributed by atoms with Crippen molar-refractivity contribution in [2.75, 3.05) is 7.11 Å². The maximum atomic E-state index is 11.9. The van der Waals surface area contributed by atoms with Crippen molar-refractivity contribution in [3.63, 3.8) is 0 Å². The molecule has 0 aliphatic rings. The normalized spacial score (nSPS) is 13.7. The number of nitrogens with two attached hydrogens (primary N) is 1. The number of methoxy groups -OCH3 is 1. The molecule has 0 fully saturated rings. The van der Waals surface area contributed by atoms with E-state index in [-0.39, 0.29) is 11.9 Å². The first-order chi connectivity index (χ1) is 8.99. The van der Waals surface area contributed by atoms with Gasteiger partial charge in [-0.05, 0) is 26.3 Å². The first kappa shape index (κ1) is 15.5. The molecule has 1 aromatic carbocycles. The molecule has 106 valence electrons. The average molecular weight is 264 g/mol. The van der Waals surface area contributed by atoms with Crippen LogP contribution in [-0.4, -0.2) is 19.1 Å². The zero-order valence-corrected chi connectivity index (χ0v) is 12.2. The molecule has 0 bridgehead atoms. The van der Waals surface area contributed by atoms with Gasteiger partial charge >= 0.3 is 0 Å². The lowest BCUT2D eigenvalue weighted by atomic mass is 10.0. The largest absolute Gasteiger partial charge is 0.496 e. The van der Waals surface area contributed by atoms with Crippen LogP contribution in [0.3, 0.4) is 0 Å². The third-order valence-electron chi connectivity index (χ3n) is 3.15. The Morgan fingerprint density at radius 3 is 2.74 bits per heavy atom. The predicted molar refractivity (Wildman–Crippen MR) is 77.2 cm³/mol. The smallest absolute Gasteiger partial charge is 0.237 e. The van der Waals surface area contributed by atoms with Gasteiger partial charge in [-0.15, -0.1) is 0 Å².